The molecule has 2 N–H and O–H groups in total. The zero-order chi connectivity index (χ0) is 14.1. The summed E-state index contributed by atoms with van der Waals surface area (Å²) in [4.78, 5) is 4.67. The summed E-state index contributed by atoms with van der Waals surface area (Å²) in [5, 5.41) is 10.0. The highest BCUT2D eigenvalue weighted by Gasteiger charge is 2.15. The molecule has 0 fully saturated rings. The molecule has 0 aliphatic heterocycles. The van der Waals surface area contributed by atoms with Crippen LogP contribution in [-0.2, 0) is 13.5 Å². The fourth-order valence-electron chi connectivity index (χ4n) is 2.03. The summed E-state index contributed by atoms with van der Waals surface area (Å²) >= 11 is 1.53. The molecule has 0 aliphatic rings. The van der Waals surface area contributed by atoms with Crippen LogP contribution in [0.15, 0.2) is 34.6 Å². The molecule has 3 rings (SSSR count). The lowest BCUT2D eigenvalue weighted by Gasteiger charge is -2.03. The molecule has 0 bridgehead atoms. The Morgan fingerprint density at radius 2 is 2.15 bits per heavy atom. The van der Waals surface area contributed by atoms with Crippen LogP contribution in [0.3, 0.4) is 0 Å². The first-order valence-electron chi connectivity index (χ1n) is 6.40. The lowest BCUT2D eigenvalue weighted by Crippen LogP contribution is -2.06. The monoisotopic (exact) mass is 288 g/mol. The normalized spacial score (nSPS) is 11.3. The van der Waals surface area contributed by atoms with E-state index in [4.69, 9.17) is 5.73 Å². The highest BCUT2D eigenvalue weighted by molar-refractivity contribution is 7.99. The van der Waals surface area contributed by atoms with Gasteiger partial charge in [0.05, 0.1) is 5.69 Å². The van der Waals surface area contributed by atoms with E-state index >= 15 is 0 Å². The third-order valence-electron chi connectivity index (χ3n) is 3.21. The number of fused-ring (bicyclic) bond motifs is 1. The van der Waals surface area contributed by atoms with E-state index in [9.17, 15) is 0 Å². The maximum absolute atomic E-state index is 5.72. The van der Waals surface area contributed by atoms with Gasteiger partial charge in [0.15, 0.2) is 5.16 Å². The Bertz CT molecular complexity index is 744. The summed E-state index contributed by atoms with van der Waals surface area (Å²) in [5.74, 6) is 0.886. The number of nitrogens with zero attached hydrogens (tertiary/aromatic N) is 5. The van der Waals surface area contributed by atoms with Gasteiger partial charge in [-0.1, -0.05) is 6.07 Å². The maximum Gasteiger partial charge on any atom is 0.197 e. The van der Waals surface area contributed by atoms with Gasteiger partial charge in [-0.3, -0.25) is 0 Å². The van der Waals surface area contributed by atoms with Crippen molar-refractivity contribution in [3.05, 3.63) is 35.9 Å². The zero-order valence-corrected chi connectivity index (χ0v) is 12.3. The number of pyridine rings is 1. The van der Waals surface area contributed by atoms with Crippen LogP contribution < -0.4 is 5.73 Å². The second-order valence-corrected chi connectivity index (χ2v) is 5.48. The van der Waals surface area contributed by atoms with Gasteiger partial charge in [0.2, 0.25) is 0 Å². The molecule has 20 heavy (non-hydrogen) atoms. The molecule has 104 valence electrons. The van der Waals surface area contributed by atoms with E-state index in [0.29, 0.717) is 6.54 Å². The molecule has 3 heterocycles. The molecular formula is C13H16N6S. The van der Waals surface area contributed by atoms with Gasteiger partial charge in [0.25, 0.3) is 0 Å². The first kappa shape index (κ1) is 13.1. The standard InChI is InChI=1S/C13H16N6S/c1-9-16-17-13(18(9)2)20-12-10(6-7-14)19-8-4-3-5-11(19)15-12/h3-5,8H,6-7,14H2,1-2H3. The minimum atomic E-state index is 0.591. The van der Waals surface area contributed by atoms with Crippen molar-refractivity contribution in [2.45, 2.75) is 23.5 Å². The van der Waals surface area contributed by atoms with E-state index < -0.39 is 0 Å². The van der Waals surface area contributed by atoms with Crippen LogP contribution in [0.5, 0.6) is 0 Å². The highest BCUT2D eigenvalue weighted by Crippen LogP contribution is 2.29. The fraction of sp³-hybridized carbons (Fsp3) is 0.308. The Balaban J connectivity index is 2.06. The lowest BCUT2D eigenvalue weighted by atomic mass is 10.3. The van der Waals surface area contributed by atoms with Crippen molar-refractivity contribution in [1.29, 1.82) is 0 Å². The van der Waals surface area contributed by atoms with Crippen LogP contribution in [0.4, 0.5) is 0 Å². The molecular weight excluding hydrogens is 272 g/mol. The van der Waals surface area contributed by atoms with Gasteiger partial charge in [0, 0.05) is 19.7 Å². The molecule has 0 aromatic carbocycles. The van der Waals surface area contributed by atoms with E-state index in [0.717, 1.165) is 33.8 Å². The molecule has 3 aromatic rings. The Kier molecular flexibility index (Phi) is 3.45. The van der Waals surface area contributed by atoms with Crippen LogP contribution in [-0.4, -0.2) is 30.7 Å². The molecule has 0 radical (unpaired) electrons. The molecule has 0 saturated carbocycles. The molecule has 7 heteroatoms. The summed E-state index contributed by atoms with van der Waals surface area (Å²) < 4.78 is 4.04. The first-order chi connectivity index (χ1) is 9.70. The fourth-order valence-corrected chi connectivity index (χ4v) is 3.01. The van der Waals surface area contributed by atoms with Crippen LogP contribution in [0.1, 0.15) is 11.5 Å². The van der Waals surface area contributed by atoms with Crippen molar-refractivity contribution >= 4 is 17.4 Å². The molecule has 3 aromatic heterocycles. The van der Waals surface area contributed by atoms with E-state index in [1.54, 1.807) is 0 Å². The predicted molar refractivity (Wildman–Crippen MR) is 77.8 cm³/mol. The van der Waals surface area contributed by atoms with Crippen molar-refractivity contribution in [3.8, 4) is 0 Å². The zero-order valence-electron chi connectivity index (χ0n) is 11.4. The molecule has 0 aliphatic carbocycles. The van der Waals surface area contributed by atoms with Crippen LogP contribution in [0.25, 0.3) is 5.65 Å². The van der Waals surface area contributed by atoms with Crippen LogP contribution >= 0.6 is 11.8 Å². The Hall–Kier alpha value is -1.86. The van der Waals surface area contributed by atoms with E-state index in [-0.39, 0.29) is 0 Å². The highest BCUT2D eigenvalue weighted by atomic mass is 32.2. The van der Waals surface area contributed by atoms with Crippen molar-refractivity contribution in [3.63, 3.8) is 0 Å². The molecule has 6 nitrogen and oxygen atoms in total. The Morgan fingerprint density at radius 3 is 2.85 bits per heavy atom. The molecule has 0 unspecified atom stereocenters. The second kappa shape index (κ2) is 5.26. The Labute approximate surface area is 121 Å². The summed E-state index contributed by atoms with van der Waals surface area (Å²) in [6.45, 7) is 2.52. The number of hydrogen-bond donors (Lipinski definition) is 1. The first-order valence-corrected chi connectivity index (χ1v) is 7.22. The lowest BCUT2D eigenvalue weighted by molar-refractivity contribution is 0.763. The number of imidazole rings is 1. The van der Waals surface area contributed by atoms with Gasteiger partial charge in [-0.25, -0.2) is 4.98 Å². The average Bonchev–Trinajstić information content (AvgIpc) is 2.95. The smallest absolute Gasteiger partial charge is 0.197 e. The average molecular weight is 288 g/mol. The molecule has 0 spiro atoms. The van der Waals surface area contributed by atoms with Crippen LogP contribution in [0.2, 0.25) is 0 Å². The molecule has 0 amide bonds. The second-order valence-electron chi connectivity index (χ2n) is 4.52. The summed E-state index contributed by atoms with van der Waals surface area (Å²) in [6, 6.07) is 5.97. The van der Waals surface area contributed by atoms with Gasteiger partial charge < -0.3 is 14.7 Å². The number of aryl methyl sites for hydroxylation is 1. The molecule has 0 saturated heterocycles. The topological polar surface area (TPSA) is 74.0 Å². The largest absolute Gasteiger partial charge is 0.330 e. The Morgan fingerprint density at radius 1 is 1.30 bits per heavy atom. The maximum atomic E-state index is 5.72. The van der Waals surface area contributed by atoms with Gasteiger partial charge in [-0.05, 0) is 37.4 Å². The van der Waals surface area contributed by atoms with E-state index in [2.05, 4.69) is 19.6 Å². The SMILES string of the molecule is Cc1nnc(Sc2nc3ccccn3c2CCN)n1C. The van der Waals surface area contributed by atoms with Crippen LogP contribution in [0, 0.1) is 6.92 Å². The third-order valence-corrected chi connectivity index (χ3v) is 4.27. The van der Waals surface area contributed by atoms with Gasteiger partial charge in [-0.15, -0.1) is 10.2 Å². The van der Waals surface area contributed by atoms with E-state index in [1.165, 1.54) is 11.8 Å². The van der Waals surface area contributed by atoms with Gasteiger partial charge >= 0.3 is 0 Å². The quantitative estimate of drug-likeness (QED) is 0.786. The van der Waals surface area contributed by atoms with Crippen molar-refractivity contribution in [2.24, 2.45) is 12.8 Å². The summed E-state index contributed by atoms with van der Waals surface area (Å²) in [5.41, 5.74) is 7.77. The number of nitrogens with two attached hydrogens (primary N) is 1. The minimum Gasteiger partial charge on any atom is -0.330 e. The third kappa shape index (κ3) is 2.19. The van der Waals surface area contributed by atoms with Crippen molar-refractivity contribution in [1.82, 2.24) is 24.1 Å². The summed E-state index contributed by atoms with van der Waals surface area (Å²) in [6.07, 6.45) is 2.80. The van der Waals surface area contributed by atoms with Crippen molar-refractivity contribution in [2.75, 3.05) is 6.54 Å². The number of rotatable bonds is 4. The number of hydrogen-bond acceptors (Lipinski definition) is 5. The predicted octanol–water partition coefficient (Wildman–Crippen LogP) is 1.42. The summed E-state index contributed by atoms with van der Waals surface area (Å²) in [7, 11) is 1.95. The minimum absolute atomic E-state index is 0.591. The van der Waals surface area contributed by atoms with Gasteiger partial charge in [-0.2, -0.15) is 0 Å². The molecule has 0 atom stereocenters. The van der Waals surface area contributed by atoms with E-state index in [1.807, 2.05) is 42.9 Å². The number of aromatic nitrogens is 5. The van der Waals surface area contributed by atoms with Gasteiger partial charge in [0.1, 0.15) is 16.5 Å². The van der Waals surface area contributed by atoms with Crippen molar-refractivity contribution < 1.29 is 0 Å².